The van der Waals surface area contributed by atoms with E-state index < -0.39 is 11.1 Å². The molecule has 0 saturated carbocycles. The molecular formula is C19H17FN2O3. The van der Waals surface area contributed by atoms with Crippen molar-refractivity contribution in [1.29, 1.82) is 0 Å². The quantitative estimate of drug-likeness (QED) is 0.670. The van der Waals surface area contributed by atoms with Crippen molar-refractivity contribution in [2.24, 2.45) is 0 Å². The highest BCUT2D eigenvalue weighted by molar-refractivity contribution is 5.27. The molecule has 0 atom stereocenters. The molecule has 0 aliphatic carbocycles. The molecule has 6 heteroatoms. The Morgan fingerprint density at radius 2 is 1.24 bits per heavy atom. The van der Waals surface area contributed by atoms with Gasteiger partial charge in [0.05, 0.1) is 20.2 Å². The lowest BCUT2D eigenvalue weighted by Gasteiger charge is -2.10. The number of ether oxygens (including phenoxy) is 1. The van der Waals surface area contributed by atoms with Crippen LogP contribution in [0, 0.1) is 5.82 Å². The van der Waals surface area contributed by atoms with Crippen molar-refractivity contribution in [2.45, 2.75) is 13.1 Å². The van der Waals surface area contributed by atoms with Crippen LogP contribution in [0.5, 0.6) is 5.75 Å². The van der Waals surface area contributed by atoms with Crippen molar-refractivity contribution in [3.8, 4) is 5.75 Å². The van der Waals surface area contributed by atoms with Crippen LogP contribution in [0.4, 0.5) is 4.39 Å². The molecule has 128 valence electrons. The Morgan fingerprint density at radius 3 is 1.68 bits per heavy atom. The lowest BCUT2D eigenvalue weighted by Crippen LogP contribution is -2.40. The number of halogens is 1. The molecule has 2 aromatic carbocycles. The molecule has 1 heterocycles. The number of benzene rings is 2. The van der Waals surface area contributed by atoms with Gasteiger partial charge >= 0.3 is 11.1 Å². The minimum absolute atomic E-state index is 0.220. The van der Waals surface area contributed by atoms with Crippen LogP contribution in [0.2, 0.25) is 0 Å². The third-order valence-electron chi connectivity index (χ3n) is 3.91. The molecule has 0 amide bonds. The minimum atomic E-state index is -0.611. The maximum atomic E-state index is 12.9. The summed E-state index contributed by atoms with van der Waals surface area (Å²) < 4.78 is 20.7. The normalized spacial score (nSPS) is 10.6. The molecule has 0 radical (unpaired) electrons. The van der Waals surface area contributed by atoms with Crippen LogP contribution in [0.3, 0.4) is 0 Å². The fraction of sp³-hybridized carbons (Fsp3) is 0.158. The van der Waals surface area contributed by atoms with Crippen molar-refractivity contribution < 1.29 is 9.13 Å². The second-order valence-corrected chi connectivity index (χ2v) is 5.64. The molecule has 0 N–H and O–H groups in total. The molecule has 0 saturated heterocycles. The first kappa shape index (κ1) is 16.7. The molecule has 0 aliphatic heterocycles. The van der Waals surface area contributed by atoms with Gasteiger partial charge in [0, 0.05) is 12.4 Å². The van der Waals surface area contributed by atoms with Crippen molar-refractivity contribution in [3.05, 3.63) is 98.6 Å². The van der Waals surface area contributed by atoms with E-state index in [1.54, 1.807) is 43.8 Å². The highest BCUT2D eigenvalue weighted by Gasteiger charge is 2.07. The molecule has 0 bridgehead atoms. The lowest BCUT2D eigenvalue weighted by molar-refractivity contribution is 0.414. The fourth-order valence-electron chi connectivity index (χ4n) is 2.51. The van der Waals surface area contributed by atoms with Crippen molar-refractivity contribution in [2.75, 3.05) is 7.11 Å². The van der Waals surface area contributed by atoms with Gasteiger partial charge in [0.15, 0.2) is 0 Å². The van der Waals surface area contributed by atoms with E-state index in [1.165, 1.54) is 21.3 Å². The summed E-state index contributed by atoms with van der Waals surface area (Å²) in [4.78, 5) is 24.6. The van der Waals surface area contributed by atoms with E-state index in [2.05, 4.69) is 0 Å². The molecule has 25 heavy (non-hydrogen) atoms. The van der Waals surface area contributed by atoms with E-state index in [1.807, 2.05) is 12.1 Å². The molecule has 3 aromatic rings. The van der Waals surface area contributed by atoms with Crippen molar-refractivity contribution in [1.82, 2.24) is 9.13 Å². The summed E-state index contributed by atoms with van der Waals surface area (Å²) in [5.41, 5.74) is 0.426. The Kier molecular flexibility index (Phi) is 4.79. The van der Waals surface area contributed by atoms with Gasteiger partial charge in [-0.1, -0.05) is 24.3 Å². The summed E-state index contributed by atoms with van der Waals surface area (Å²) in [6, 6.07) is 13.1. The van der Waals surface area contributed by atoms with Gasteiger partial charge in [-0.2, -0.15) is 0 Å². The Labute approximate surface area is 143 Å². The van der Waals surface area contributed by atoms with E-state index in [4.69, 9.17) is 4.74 Å². The molecule has 3 rings (SSSR count). The number of hydrogen-bond acceptors (Lipinski definition) is 3. The minimum Gasteiger partial charge on any atom is -0.497 e. The van der Waals surface area contributed by atoms with Gasteiger partial charge in [0.25, 0.3) is 0 Å². The summed E-state index contributed by atoms with van der Waals surface area (Å²) in [6.07, 6.45) is 3.15. The van der Waals surface area contributed by atoms with Crippen LogP contribution in [0.1, 0.15) is 11.1 Å². The van der Waals surface area contributed by atoms with Crippen LogP contribution in [0.15, 0.2) is 70.5 Å². The zero-order valence-corrected chi connectivity index (χ0v) is 13.7. The molecule has 0 unspecified atom stereocenters. The Morgan fingerprint density at radius 1 is 0.800 bits per heavy atom. The van der Waals surface area contributed by atoms with Crippen LogP contribution in [-0.2, 0) is 13.1 Å². The average molecular weight is 340 g/mol. The summed E-state index contributed by atoms with van der Waals surface area (Å²) in [5.74, 6) is 0.386. The van der Waals surface area contributed by atoms with E-state index in [9.17, 15) is 14.0 Å². The first-order valence-corrected chi connectivity index (χ1v) is 7.74. The Hall–Kier alpha value is -3.15. The zero-order valence-electron chi connectivity index (χ0n) is 13.7. The number of rotatable bonds is 5. The summed E-state index contributed by atoms with van der Waals surface area (Å²) >= 11 is 0. The van der Waals surface area contributed by atoms with Gasteiger partial charge in [0.1, 0.15) is 11.6 Å². The summed E-state index contributed by atoms with van der Waals surface area (Å²) in [5, 5.41) is 0. The van der Waals surface area contributed by atoms with E-state index in [0.717, 1.165) is 16.9 Å². The highest BCUT2D eigenvalue weighted by Crippen LogP contribution is 2.11. The molecule has 1 aromatic heterocycles. The number of hydrogen-bond donors (Lipinski definition) is 0. The van der Waals surface area contributed by atoms with E-state index in [0.29, 0.717) is 6.54 Å². The fourth-order valence-corrected chi connectivity index (χ4v) is 2.51. The SMILES string of the molecule is COc1ccc(Cn2ccn(Cc3ccc(F)cc3)c(=O)c2=O)cc1. The second kappa shape index (κ2) is 7.17. The summed E-state index contributed by atoms with van der Waals surface area (Å²) in [6.45, 7) is 0.521. The summed E-state index contributed by atoms with van der Waals surface area (Å²) in [7, 11) is 1.58. The molecule has 0 fully saturated rings. The first-order valence-electron chi connectivity index (χ1n) is 7.74. The first-order chi connectivity index (χ1) is 12.1. The zero-order chi connectivity index (χ0) is 17.8. The van der Waals surface area contributed by atoms with E-state index in [-0.39, 0.29) is 12.4 Å². The van der Waals surface area contributed by atoms with E-state index >= 15 is 0 Å². The molecule has 0 aliphatic rings. The van der Waals surface area contributed by atoms with Crippen LogP contribution < -0.4 is 15.9 Å². The van der Waals surface area contributed by atoms with Gasteiger partial charge < -0.3 is 13.9 Å². The standard InChI is InChI=1S/C19H17FN2O3/c1-25-17-8-4-15(5-9-17)13-22-11-10-21(18(23)19(22)24)12-14-2-6-16(20)7-3-14/h2-11H,12-13H2,1H3. The van der Waals surface area contributed by atoms with Gasteiger partial charge in [-0.3, -0.25) is 9.59 Å². The Balaban J connectivity index is 1.83. The third-order valence-corrected chi connectivity index (χ3v) is 3.91. The van der Waals surface area contributed by atoms with Crippen LogP contribution >= 0.6 is 0 Å². The van der Waals surface area contributed by atoms with Crippen molar-refractivity contribution >= 4 is 0 Å². The topological polar surface area (TPSA) is 53.2 Å². The van der Waals surface area contributed by atoms with Crippen LogP contribution in [0.25, 0.3) is 0 Å². The van der Waals surface area contributed by atoms with Gasteiger partial charge in [-0.15, -0.1) is 0 Å². The Bertz CT molecular complexity index is 973. The second-order valence-electron chi connectivity index (χ2n) is 5.64. The average Bonchev–Trinajstić information content (AvgIpc) is 2.64. The maximum absolute atomic E-state index is 12.9. The monoisotopic (exact) mass is 340 g/mol. The molecule has 0 spiro atoms. The maximum Gasteiger partial charge on any atom is 0.316 e. The van der Waals surface area contributed by atoms with Crippen LogP contribution in [-0.4, -0.2) is 16.2 Å². The lowest BCUT2D eigenvalue weighted by atomic mass is 10.2. The molecule has 5 nitrogen and oxygen atoms in total. The highest BCUT2D eigenvalue weighted by atomic mass is 19.1. The third kappa shape index (κ3) is 3.85. The van der Waals surface area contributed by atoms with Gasteiger partial charge in [-0.05, 0) is 35.4 Å². The number of aromatic nitrogens is 2. The van der Waals surface area contributed by atoms with Gasteiger partial charge in [0.2, 0.25) is 0 Å². The molecular weight excluding hydrogens is 323 g/mol. The van der Waals surface area contributed by atoms with Crippen molar-refractivity contribution in [3.63, 3.8) is 0 Å². The smallest absolute Gasteiger partial charge is 0.316 e. The number of nitrogens with zero attached hydrogens (tertiary/aromatic N) is 2. The largest absolute Gasteiger partial charge is 0.497 e. The predicted molar refractivity (Wildman–Crippen MR) is 92.6 cm³/mol. The number of methoxy groups -OCH3 is 1. The van der Waals surface area contributed by atoms with Gasteiger partial charge in [-0.25, -0.2) is 4.39 Å². The predicted octanol–water partition coefficient (Wildman–Crippen LogP) is 2.25.